The molecule has 14 heavy (non-hydrogen) atoms. The van der Waals surface area contributed by atoms with Crippen molar-refractivity contribution in [3.8, 4) is 0 Å². The molecule has 2 unspecified atom stereocenters. The maximum atomic E-state index is 6.13. The van der Waals surface area contributed by atoms with Crippen LogP contribution in [-0.2, 0) is 4.74 Å². The quantitative estimate of drug-likeness (QED) is 0.671. The summed E-state index contributed by atoms with van der Waals surface area (Å²) in [4.78, 5) is 0. The number of hydrogen-bond donors (Lipinski definition) is 1. The molecule has 0 aliphatic heterocycles. The Morgan fingerprint density at radius 2 is 1.79 bits per heavy atom. The van der Waals surface area contributed by atoms with E-state index in [4.69, 9.17) is 10.5 Å². The van der Waals surface area contributed by atoms with E-state index < -0.39 is 0 Å². The van der Waals surface area contributed by atoms with E-state index in [1.807, 2.05) is 0 Å². The van der Waals surface area contributed by atoms with E-state index in [1.165, 1.54) is 19.3 Å². The fourth-order valence-electron chi connectivity index (χ4n) is 1.95. The first-order valence-electron chi connectivity index (χ1n) is 5.71. The van der Waals surface area contributed by atoms with Crippen molar-refractivity contribution in [1.82, 2.24) is 0 Å². The van der Waals surface area contributed by atoms with Gasteiger partial charge in [-0.05, 0) is 11.8 Å². The molecule has 0 rings (SSSR count). The first-order valence-corrected chi connectivity index (χ1v) is 5.71. The Bertz CT molecular complexity index is 140. The molecule has 0 fully saturated rings. The van der Waals surface area contributed by atoms with Crippen molar-refractivity contribution in [1.29, 1.82) is 0 Å². The third-order valence-electron chi connectivity index (χ3n) is 2.64. The van der Waals surface area contributed by atoms with Gasteiger partial charge in [0.05, 0.1) is 6.10 Å². The lowest BCUT2D eigenvalue weighted by molar-refractivity contribution is -0.00405. The summed E-state index contributed by atoms with van der Waals surface area (Å²) >= 11 is 0. The molecule has 0 aromatic rings. The minimum Gasteiger partial charge on any atom is -0.379 e. The molecule has 86 valence electrons. The second kappa shape index (κ2) is 6.41. The molecular formula is C12H27NO. The highest BCUT2D eigenvalue weighted by Gasteiger charge is 2.29. The number of ether oxygens (including phenoxy) is 1. The van der Waals surface area contributed by atoms with Crippen LogP contribution in [0.4, 0.5) is 0 Å². The van der Waals surface area contributed by atoms with Gasteiger partial charge in [-0.25, -0.2) is 0 Å². The van der Waals surface area contributed by atoms with Crippen LogP contribution in [0.15, 0.2) is 0 Å². The minimum atomic E-state index is 0.139. The Hall–Kier alpha value is -0.0800. The summed E-state index contributed by atoms with van der Waals surface area (Å²) in [7, 11) is 1.76. The molecule has 0 aromatic heterocycles. The van der Waals surface area contributed by atoms with Crippen molar-refractivity contribution in [2.45, 2.75) is 65.5 Å². The predicted octanol–water partition coefficient (Wildman–Crippen LogP) is 2.96. The van der Waals surface area contributed by atoms with Crippen molar-refractivity contribution in [3.05, 3.63) is 0 Å². The topological polar surface area (TPSA) is 35.2 Å². The summed E-state index contributed by atoms with van der Waals surface area (Å²) in [5.41, 5.74) is 6.27. The third-order valence-corrected chi connectivity index (χ3v) is 2.64. The van der Waals surface area contributed by atoms with Gasteiger partial charge in [0.1, 0.15) is 0 Å². The molecule has 0 spiro atoms. The predicted molar refractivity (Wildman–Crippen MR) is 62.4 cm³/mol. The molecule has 0 radical (unpaired) electrons. The van der Waals surface area contributed by atoms with Crippen molar-refractivity contribution in [3.63, 3.8) is 0 Å². The molecular weight excluding hydrogens is 174 g/mol. The van der Waals surface area contributed by atoms with Gasteiger partial charge < -0.3 is 10.5 Å². The summed E-state index contributed by atoms with van der Waals surface area (Å²) in [5.74, 6) is 0. The van der Waals surface area contributed by atoms with Crippen LogP contribution in [0.25, 0.3) is 0 Å². The number of methoxy groups -OCH3 is 1. The van der Waals surface area contributed by atoms with Crippen LogP contribution in [-0.4, -0.2) is 19.3 Å². The van der Waals surface area contributed by atoms with Crippen LogP contribution in [0.5, 0.6) is 0 Å². The van der Waals surface area contributed by atoms with E-state index in [0.29, 0.717) is 0 Å². The van der Waals surface area contributed by atoms with Gasteiger partial charge in [0.15, 0.2) is 0 Å². The number of nitrogens with two attached hydrogens (primary N) is 1. The van der Waals surface area contributed by atoms with Crippen LogP contribution < -0.4 is 5.73 Å². The largest absolute Gasteiger partial charge is 0.379 e. The van der Waals surface area contributed by atoms with E-state index >= 15 is 0 Å². The molecule has 2 N–H and O–H groups in total. The summed E-state index contributed by atoms with van der Waals surface area (Å²) in [5, 5.41) is 0. The van der Waals surface area contributed by atoms with Crippen LogP contribution in [0.2, 0.25) is 0 Å². The highest BCUT2D eigenvalue weighted by atomic mass is 16.5. The first-order chi connectivity index (χ1) is 6.43. The normalized spacial score (nSPS) is 16.7. The summed E-state index contributed by atoms with van der Waals surface area (Å²) < 4.78 is 5.48. The highest BCUT2D eigenvalue weighted by Crippen LogP contribution is 2.25. The smallest absolute Gasteiger partial charge is 0.0770 e. The molecule has 0 aromatic carbocycles. The molecule has 2 heteroatoms. The van der Waals surface area contributed by atoms with E-state index in [2.05, 4.69) is 27.7 Å². The molecule has 0 aliphatic carbocycles. The van der Waals surface area contributed by atoms with E-state index in [-0.39, 0.29) is 17.6 Å². The van der Waals surface area contributed by atoms with E-state index in [0.717, 1.165) is 6.42 Å². The highest BCUT2D eigenvalue weighted by molar-refractivity contribution is 4.83. The first kappa shape index (κ1) is 13.9. The molecule has 2 atom stereocenters. The molecule has 0 amide bonds. The van der Waals surface area contributed by atoms with Gasteiger partial charge in [-0.1, -0.05) is 47.0 Å². The number of unbranched alkanes of at least 4 members (excludes halogenated alkanes) is 2. The monoisotopic (exact) mass is 201 g/mol. The van der Waals surface area contributed by atoms with Gasteiger partial charge in [-0.15, -0.1) is 0 Å². The molecule has 0 saturated heterocycles. The second-order valence-electron chi connectivity index (χ2n) is 5.18. The second-order valence-corrected chi connectivity index (χ2v) is 5.18. The van der Waals surface area contributed by atoms with Gasteiger partial charge >= 0.3 is 0 Å². The summed E-state index contributed by atoms with van der Waals surface area (Å²) in [6.07, 6.45) is 4.98. The van der Waals surface area contributed by atoms with E-state index in [9.17, 15) is 0 Å². The maximum absolute atomic E-state index is 6.13. The lowest BCUT2D eigenvalue weighted by Gasteiger charge is -2.34. The number of rotatable bonds is 6. The number of hydrogen-bond acceptors (Lipinski definition) is 2. The average molecular weight is 201 g/mol. The SMILES string of the molecule is CCCCCC(N)C(OC)C(C)(C)C. The lowest BCUT2D eigenvalue weighted by atomic mass is 9.83. The maximum Gasteiger partial charge on any atom is 0.0770 e. The fourth-order valence-corrected chi connectivity index (χ4v) is 1.95. The fraction of sp³-hybridized carbons (Fsp3) is 1.00. The van der Waals surface area contributed by atoms with Crippen LogP contribution in [0.3, 0.4) is 0 Å². The minimum absolute atomic E-state index is 0.139. The Kier molecular flexibility index (Phi) is 6.38. The van der Waals surface area contributed by atoms with Gasteiger partial charge in [0, 0.05) is 13.2 Å². The molecule has 0 heterocycles. The van der Waals surface area contributed by atoms with Gasteiger partial charge in [0.2, 0.25) is 0 Å². The van der Waals surface area contributed by atoms with Crippen LogP contribution in [0.1, 0.15) is 53.4 Å². The van der Waals surface area contributed by atoms with Gasteiger partial charge in [0.25, 0.3) is 0 Å². The van der Waals surface area contributed by atoms with Crippen LogP contribution in [0, 0.1) is 5.41 Å². The average Bonchev–Trinajstić information content (AvgIpc) is 2.03. The standard InChI is InChI=1S/C12H27NO/c1-6-7-8-9-10(13)11(14-5)12(2,3)4/h10-11H,6-9,13H2,1-5H3. The van der Waals surface area contributed by atoms with Crippen molar-refractivity contribution >= 4 is 0 Å². The lowest BCUT2D eigenvalue weighted by Crippen LogP contribution is -2.44. The van der Waals surface area contributed by atoms with Gasteiger partial charge in [-0.3, -0.25) is 0 Å². The van der Waals surface area contributed by atoms with Crippen molar-refractivity contribution in [2.75, 3.05) is 7.11 Å². The Morgan fingerprint density at radius 1 is 1.21 bits per heavy atom. The van der Waals surface area contributed by atoms with Crippen molar-refractivity contribution in [2.24, 2.45) is 11.1 Å². The zero-order chi connectivity index (χ0) is 11.2. The molecule has 0 bridgehead atoms. The summed E-state index contributed by atoms with van der Waals surface area (Å²) in [6, 6.07) is 0.173. The Morgan fingerprint density at radius 3 is 2.14 bits per heavy atom. The molecule has 0 aliphatic rings. The Balaban J connectivity index is 3.98. The Labute approximate surface area is 89.2 Å². The molecule has 0 saturated carbocycles. The summed E-state index contributed by atoms with van der Waals surface area (Å²) in [6.45, 7) is 8.76. The third kappa shape index (κ3) is 4.97. The van der Waals surface area contributed by atoms with E-state index in [1.54, 1.807) is 7.11 Å². The molecule has 2 nitrogen and oxygen atoms in total. The zero-order valence-electron chi connectivity index (χ0n) is 10.5. The van der Waals surface area contributed by atoms with Gasteiger partial charge in [-0.2, -0.15) is 0 Å². The zero-order valence-corrected chi connectivity index (χ0v) is 10.5. The van der Waals surface area contributed by atoms with Crippen molar-refractivity contribution < 1.29 is 4.74 Å². The van der Waals surface area contributed by atoms with Crippen LogP contribution >= 0.6 is 0 Å².